The normalized spacial score (nSPS) is 11.1. The molecule has 0 fully saturated rings. The highest BCUT2D eigenvalue weighted by Gasteiger charge is 2.07. The molecule has 2 aromatic carbocycles. The van der Waals surface area contributed by atoms with E-state index in [1.165, 1.54) is 16.7 Å². The summed E-state index contributed by atoms with van der Waals surface area (Å²) in [4.78, 5) is 12.9. The first kappa shape index (κ1) is 23.5. The topological polar surface area (TPSA) is 80.3 Å². The summed E-state index contributed by atoms with van der Waals surface area (Å²) in [5.41, 5.74) is 5.42. The minimum Gasteiger partial charge on any atom is -0.444 e. The molecule has 32 heavy (non-hydrogen) atoms. The average molecular weight is 542 g/mol. The second-order valence-electron chi connectivity index (χ2n) is 7.34. The molecule has 0 aliphatic carbocycles. The van der Waals surface area contributed by atoms with Crippen LogP contribution in [-0.4, -0.2) is 27.5 Å². The van der Waals surface area contributed by atoms with Gasteiger partial charge in [-0.05, 0) is 30.2 Å². The molecule has 2 N–H and O–H groups in total. The molecule has 0 aliphatic heterocycles. The van der Waals surface area contributed by atoms with Crippen LogP contribution in [0.25, 0.3) is 11.5 Å². The van der Waals surface area contributed by atoms with Gasteiger partial charge in [0.05, 0.1) is 18.6 Å². The average Bonchev–Trinajstić information content (AvgIpc) is 3.48. The second kappa shape index (κ2) is 11.5. The summed E-state index contributed by atoms with van der Waals surface area (Å²) in [7, 11) is 1.75. The Hall–Kier alpha value is -3.14. The van der Waals surface area contributed by atoms with Crippen molar-refractivity contribution < 1.29 is 4.42 Å². The van der Waals surface area contributed by atoms with E-state index in [-0.39, 0.29) is 24.0 Å². The van der Waals surface area contributed by atoms with Gasteiger partial charge < -0.3 is 19.6 Å². The standard InChI is InChI=1S/C24H26N6O.HI/c1-18-3-9-21(10-4-18)23-29-22(16-31-23)14-28-24(25-2)27-13-19-5-7-20(8-6-19)15-30-12-11-26-17-30;/h3-12,16-17H,13-15H2,1-2H3,(H2,25,27,28);1H. The van der Waals surface area contributed by atoms with Crippen molar-refractivity contribution in [1.29, 1.82) is 0 Å². The zero-order valence-electron chi connectivity index (χ0n) is 18.2. The largest absolute Gasteiger partial charge is 0.444 e. The number of aliphatic imine (C=N–C) groups is 1. The monoisotopic (exact) mass is 542 g/mol. The maximum atomic E-state index is 5.62. The highest BCUT2D eigenvalue weighted by atomic mass is 127. The number of aromatic nitrogens is 3. The maximum absolute atomic E-state index is 5.62. The lowest BCUT2D eigenvalue weighted by atomic mass is 10.1. The minimum absolute atomic E-state index is 0. The third kappa shape index (κ3) is 6.43. The predicted molar refractivity (Wildman–Crippen MR) is 137 cm³/mol. The van der Waals surface area contributed by atoms with Gasteiger partial charge >= 0.3 is 0 Å². The lowest BCUT2D eigenvalue weighted by Crippen LogP contribution is -2.36. The van der Waals surface area contributed by atoms with Gasteiger partial charge in [-0.1, -0.05) is 42.0 Å². The van der Waals surface area contributed by atoms with Crippen molar-refractivity contribution in [3.8, 4) is 11.5 Å². The number of nitrogens with zero attached hydrogens (tertiary/aromatic N) is 4. The SMILES string of the molecule is CN=C(NCc1ccc(Cn2ccnc2)cc1)NCc1coc(-c2ccc(C)cc2)n1.I. The Morgan fingerprint density at radius 1 is 1.00 bits per heavy atom. The number of guanidine groups is 1. The molecule has 4 rings (SSSR count). The smallest absolute Gasteiger partial charge is 0.226 e. The molecule has 0 saturated carbocycles. The quantitative estimate of drug-likeness (QED) is 0.206. The molecule has 4 aromatic rings. The first-order valence-electron chi connectivity index (χ1n) is 10.2. The Kier molecular flexibility index (Phi) is 8.43. The lowest BCUT2D eigenvalue weighted by molar-refractivity contribution is 0.572. The molecule has 8 heteroatoms. The molecule has 0 bridgehead atoms. The zero-order chi connectivity index (χ0) is 21.5. The highest BCUT2D eigenvalue weighted by molar-refractivity contribution is 14.0. The molecule has 0 spiro atoms. The molecule has 2 aromatic heterocycles. The molecule has 0 unspecified atom stereocenters. The van der Waals surface area contributed by atoms with E-state index in [0.717, 1.165) is 17.8 Å². The summed E-state index contributed by atoms with van der Waals surface area (Å²) in [6.07, 6.45) is 7.25. The van der Waals surface area contributed by atoms with Crippen LogP contribution in [0.15, 0.2) is 82.9 Å². The van der Waals surface area contributed by atoms with Gasteiger partial charge in [0.15, 0.2) is 5.96 Å². The van der Waals surface area contributed by atoms with E-state index in [0.29, 0.717) is 24.9 Å². The van der Waals surface area contributed by atoms with Crippen LogP contribution in [0, 0.1) is 6.92 Å². The van der Waals surface area contributed by atoms with Gasteiger partial charge in [0, 0.05) is 38.1 Å². The predicted octanol–water partition coefficient (Wildman–Crippen LogP) is 4.38. The van der Waals surface area contributed by atoms with Crippen LogP contribution in [0.2, 0.25) is 0 Å². The van der Waals surface area contributed by atoms with E-state index in [2.05, 4.69) is 56.8 Å². The summed E-state index contributed by atoms with van der Waals surface area (Å²) in [5.74, 6) is 1.33. The third-order valence-corrected chi connectivity index (χ3v) is 4.92. The van der Waals surface area contributed by atoms with Crippen molar-refractivity contribution in [3.63, 3.8) is 0 Å². The fraction of sp³-hybridized carbons (Fsp3) is 0.208. The van der Waals surface area contributed by atoms with Crippen molar-refractivity contribution in [1.82, 2.24) is 25.2 Å². The fourth-order valence-corrected chi connectivity index (χ4v) is 3.15. The third-order valence-electron chi connectivity index (χ3n) is 4.92. The first-order valence-corrected chi connectivity index (χ1v) is 10.2. The number of imidazole rings is 1. The van der Waals surface area contributed by atoms with E-state index >= 15 is 0 Å². The van der Waals surface area contributed by atoms with Crippen LogP contribution < -0.4 is 10.6 Å². The van der Waals surface area contributed by atoms with Crippen molar-refractivity contribution in [2.24, 2.45) is 4.99 Å². The fourth-order valence-electron chi connectivity index (χ4n) is 3.15. The number of aryl methyl sites for hydroxylation is 1. The molecule has 0 atom stereocenters. The van der Waals surface area contributed by atoms with Gasteiger partial charge in [-0.3, -0.25) is 4.99 Å². The summed E-state index contributed by atoms with van der Waals surface area (Å²) < 4.78 is 7.67. The molecule has 0 aliphatic rings. The molecule has 2 heterocycles. The van der Waals surface area contributed by atoms with Crippen LogP contribution in [0.5, 0.6) is 0 Å². The first-order chi connectivity index (χ1) is 15.2. The summed E-state index contributed by atoms with van der Waals surface area (Å²) in [6, 6.07) is 16.6. The van der Waals surface area contributed by atoms with Crippen LogP contribution in [-0.2, 0) is 19.6 Å². The summed E-state index contributed by atoms with van der Waals surface area (Å²) >= 11 is 0. The Labute approximate surface area is 205 Å². The Morgan fingerprint density at radius 3 is 2.41 bits per heavy atom. The van der Waals surface area contributed by atoms with Gasteiger partial charge in [-0.25, -0.2) is 9.97 Å². The molecule has 0 radical (unpaired) electrons. The highest BCUT2D eigenvalue weighted by Crippen LogP contribution is 2.19. The minimum atomic E-state index is 0. The van der Waals surface area contributed by atoms with Gasteiger partial charge in [-0.15, -0.1) is 24.0 Å². The Morgan fingerprint density at radius 2 is 1.72 bits per heavy atom. The van der Waals surface area contributed by atoms with E-state index in [4.69, 9.17) is 4.42 Å². The van der Waals surface area contributed by atoms with E-state index in [1.807, 2.05) is 41.4 Å². The van der Waals surface area contributed by atoms with Gasteiger partial charge in [-0.2, -0.15) is 0 Å². The molecule has 0 amide bonds. The molecular formula is C24H27IN6O. The lowest BCUT2D eigenvalue weighted by Gasteiger charge is -2.11. The van der Waals surface area contributed by atoms with Crippen molar-refractivity contribution >= 4 is 29.9 Å². The molecular weight excluding hydrogens is 515 g/mol. The van der Waals surface area contributed by atoms with Crippen LogP contribution in [0.1, 0.15) is 22.4 Å². The molecule has 0 saturated heterocycles. The number of benzene rings is 2. The Balaban J connectivity index is 0.00000289. The maximum Gasteiger partial charge on any atom is 0.226 e. The van der Waals surface area contributed by atoms with Gasteiger partial charge in [0.25, 0.3) is 0 Å². The van der Waals surface area contributed by atoms with E-state index in [1.54, 1.807) is 19.5 Å². The van der Waals surface area contributed by atoms with Crippen molar-refractivity contribution in [3.05, 3.63) is 95.9 Å². The Bertz CT molecular complexity index is 1120. The number of halogens is 1. The van der Waals surface area contributed by atoms with Crippen molar-refractivity contribution in [2.45, 2.75) is 26.6 Å². The van der Waals surface area contributed by atoms with Crippen LogP contribution in [0.4, 0.5) is 0 Å². The summed E-state index contributed by atoms with van der Waals surface area (Å²) in [5, 5.41) is 6.61. The second-order valence-corrected chi connectivity index (χ2v) is 7.34. The van der Waals surface area contributed by atoms with E-state index < -0.39 is 0 Å². The number of oxazole rings is 1. The molecule has 166 valence electrons. The van der Waals surface area contributed by atoms with Crippen LogP contribution in [0.3, 0.4) is 0 Å². The molecule has 7 nitrogen and oxygen atoms in total. The van der Waals surface area contributed by atoms with Gasteiger partial charge in [0.2, 0.25) is 5.89 Å². The summed E-state index contributed by atoms with van der Waals surface area (Å²) in [6.45, 7) is 4.08. The number of hydrogen-bond donors (Lipinski definition) is 2. The number of nitrogens with one attached hydrogen (secondary N) is 2. The van der Waals surface area contributed by atoms with Crippen molar-refractivity contribution in [2.75, 3.05) is 7.05 Å². The zero-order valence-corrected chi connectivity index (χ0v) is 20.5. The van der Waals surface area contributed by atoms with Gasteiger partial charge in [0.1, 0.15) is 6.26 Å². The number of hydrogen-bond acceptors (Lipinski definition) is 4. The van der Waals surface area contributed by atoms with E-state index in [9.17, 15) is 0 Å². The number of rotatable bonds is 7. The van der Waals surface area contributed by atoms with Crippen LogP contribution >= 0.6 is 24.0 Å².